The average Bonchev–Trinajstić information content (AvgIpc) is 1.84. The van der Waals surface area contributed by atoms with Gasteiger partial charge < -0.3 is 51.9 Å². The first kappa shape index (κ1) is 36.3. The molecule has 90 valence electrons. The topological polar surface area (TPSA) is 247 Å². The zero-order valence-electron chi connectivity index (χ0n) is 7.39. The normalized spacial score (nSPS) is 10.5. The van der Waals surface area contributed by atoms with Crippen molar-refractivity contribution < 1.29 is 51.9 Å². The van der Waals surface area contributed by atoms with Crippen LogP contribution < -0.4 is 10.2 Å². The molecular formula is C4H12CaO10. The van der Waals surface area contributed by atoms with E-state index in [2.05, 4.69) is 0 Å². The maximum absolute atomic E-state index is 9.63. The number of carboxylic acids is 2. The maximum atomic E-state index is 9.63. The summed E-state index contributed by atoms with van der Waals surface area (Å²) in [6, 6.07) is 0. The van der Waals surface area contributed by atoms with E-state index in [1.54, 1.807) is 0 Å². The smallest absolute Gasteiger partial charge is 0.547 e. The molecule has 0 aromatic carbocycles. The molecule has 0 radical (unpaired) electrons. The van der Waals surface area contributed by atoms with E-state index >= 15 is 0 Å². The first-order valence-corrected chi connectivity index (χ1v) is 2.24. The van der Waals surface area contributed by atoms with Crippen molar-refractivity contribution in [3.8, 4) is 0 Å². The maximum Gasteiger partial charge on any atom is 2.00 e. The van der Waals surface area contributed by atoms with Gasteiger partial charge in [-0.3, -0.25) is 0 Å². The molecule has 0 amide bonds. The van der Waals surface area contributed by atoms with Gasteiger partial charge in [-0.1, -0.05) is 0 Å². The van der Waals surface area contributed by atoms with Crippen LogP contribution in [-0.2, 0) is 9.59 Å². The fraction of sp³-hybridized carbons (Fsp3) is 0.500. The van der Waals surface area contributed by atoms with E-state index in [1.807, 2.05) is 0 Å². The Morgan fingerprint density at radius 1 is 0.800 bits per heavy atom. The van der Waals surface area contributed by atoms with E-state index in [9.17, 15) is 19.8 Å². The molecule has 0 saturated carbocycles. The van der Waals surface area contributed by atoms with Gasteiger partial charge in [0.2, 0.25) is 0 Å². The Morgan fingerprint density at radius 3 is 1.00 bits per heavy atom. The third-order valence-electron chi connectivity index (χ3n) is 0.782. The molecule has 0 aliphatic heterocycles. The molecular weight excluding hydrogens is 248 g/mol. The van der Waals surface area contributed by atoms with Gasteiger partial charge in [-0.15, -0.1) is 0 Å². The molecule has 0 bridgehead atoms. The second kappa shape index (κ2) is 16.4. The van der Waals surface area contributed by atoms with Gasteiger partial charge in [-0.05, 0) is 0 Å². The Kier molecular flexibility index (Phi) is 39.7. The molecule has 10 N–H and O–H groups in total. The van der Waals surface area contributed by atoms with E-state index in [4.69, 9.17) is 10.2 Å². The van der Waals surface area contributed by atoms with Gasteiger partial charge in [-0.2, -0.15) is 0 Å². The molecule has 0 saturated heterocycles. The van der Waals surface area contributed by atoms with Gasteiger partial charge in [0.15, 0.2) is 0 Å². The predicted molar refractivity (Wildman–Crippen MR) is 42.2 cm³/mol. The van der Waals surface area contributed by atoms with Crippen LogP contribution in [0.1, 0.15) is 0 Å². The minimum Gasteiger partial charge on any atom is -0.547 e. The summed E-state index contributed by atoms with van der Waals surface area (Å²) in [5.74, 6) is -4.12. The number of rotatable bonds is 3. The van der Waals surface area contributed by atoms with Crippen LogP contribution in [0.5, 0.6) is 0 Å². The van der Waals surface area contributed by atoms with Crippen molar-refractivity contribution in [3.05, 3.63) is 0 Å². The van der Waals surface area contributed by atoms with E-state index in [0.29, 0.717) is 0 Å². The molecule has 0 aromatic heterocycles. The van der Waals surface area contributed by atoms with Crippen molar-refractivity contribution in [1.29, 1.82) is 0 Å². The summed E-state index contributed by atoms with van der Waals surface area (Å²) >= 11 is 0. The first-order chi connectivity index (χ1) is 4.46. The Balaban J connectivity index is -0.0000000405. The molecule has 0 aromatic rings. The fourth-order valence-corrected chi connectivity index (χ4v) is 0.258. The first-order valence-electron chi connectivity index (χ1n) is 2.24. The van der Waals surface area contributed by atoms with Crippen LogP contribution in [-0.4, -0.2) is 94.0 Å². The Morgan fingerprint density at radius 2 is 0.933 bits per heavy atom. The quantitative estimate of drug-likeness (QED) is 0.465. The molecule has 0 spiro atoms. The van der Waals surface area contributed by atoms with E-state index in [0.717, 1.165) is 0 Å². The van der Waals surface area contributed by atoms with Crippen LogP contribution in [0, 0.1) is 0 Å². The van der Waals surface area contributed by atoms with Crippen LogP contribution in [0.25, 0.3) is 0 Å². The minimum atomic E-state index is -2.44. The molecule has 0 aliphatic rings. The molecule has 0 rings (SSSR count). The summed E-state index contributed by atoms with van der Waals surface area (Å²) in [5, 5.41) is 35.7. The predicted octanol–water partition coefficient (Wildman–Crippen LogP) is -8.47. The van der Waals surface area contributed by atoms with Crippen molar-refractivity contribution in [3.63, 3.8) is 0 Å². The zero-order chi connectivity index (χ0) is 8.31. The zero-order valence-corrected chi connectivity index (χ0v) is 9.60. The third kappa shape index (κ3) is 14.0. The second-order valence-corrected chi connectivity index (χ2v) is 1.53. The number of carboxylic acid groups (broad SMARTS) is 2. The molecule has 11 heteroatoms. The molecule has 0 heterocycles. The van der Waals surface area contributed by atoms with Gasteiger partial charge in [0.05, 0.1) is 11.9 Å². The van der Waals surface area contributed by atoms with E-state index in [-0.39, 0.29) is 59.6 Å². The number of aliphatic hydroxyl groups is 2. The summed E-state index contributed by atoms with van der Waals surface area (Å²) in [6.07, 6.45) is -4.88. The van der Waals surface area contributed by atoms with Gasteiger partial charge in [0.25, 0.3) is 0 Å². The molecule has 15 heavy (non-hydrogen) atoms. The molecule has 10 nitrogen and oxygen atoms in total. The molecule has 0 unspecified atom stereocenters. The van der Waals surface area contributed by atoms with Crippen LogP contribution >= 0.6 is 0 Å². The summed E-state index contributed by atoms with van der Waals surface area (Å²) in [4.78, 5) is 19.3. The summed E-state index contributed by atoms with van der Waals surface area (Å²) in [5.41, 5.74) is 0. The third-order valence-corrected chi connectivity index (χ3v) is 0.782. The fourth-order valence-electron chi connectivity index (χ4n) is 0.258. The Hall–Kier alpha value is -0.0403. The SMILES string of the molecule is O.O.O.O.O=C([O-])[C@H](O)[C@@H](O)C(=O)[O-].[Ca+2]. The van der Waals surface area contributed by atoms with E-state index < -0.39 is 24.1 Å². The molecule has 0 fully saturated rings. The van der Waals surface area contributed by atoms with Crippen LogP contribution in [0.15, 0.2) is 0 Å². The monoisotopic (exact) mass is 260 g/mol. The van der Waals surface area contributed by atoms with Gasteiger partial charge in [-0.25, -0.2) is 0 Å². The van der Waals surface area contributed by atoms with Gasteiger partial charge in [0.1, 0.15) is 12.2 Å². The summed E-state index contributed by atoms with van der Waals surface area (Å²) in [7, 11) is 0. The van der Waals surface area contributed by atoms with Gasteiger partial charge in [0, 0.05) is 0 Å². The number of aliphatic carboxylic acids is 2. The molecule has 2 atom stereocenters. The summed E-state index contributed by atoms with van der Waals surface area (Å²) < 4.78 is 0. The Labute approximate surface area is 113 Å². The van der Waals surface area contributed by atoms with Crippen LogP contribution in [0.3, 0.4) is 0 Å². The number of hydrogen-bond donors (Lipinski definition) is 2. The molecule has 0 aliphatic carbocycles. The largest absolute Gasteiger partial charge is 2.00 e. The van der Waals surface area contributed by atoms with Crippen molar-refractivity contribution in [2.24, 2.45) is 0 Å². The van der Waals surface area contributed by atoms with Crippen molar-refractivity contribution in [2.45, 2.75) is 12.2 Å². The van der Waals surface area contributed by atoms with E-state index in [1.165, 1.54) is 0 Å². The standard InChI is InChI=1S/C4H6O6.Ca.4H2O/c5-1(3(7)8)2(6)4(9)10;;;;;/h1-2,5-6H,(H,7,8)(H,9,10);;4*1H2/q;+2;;;;/p-2/t1-,2-;;;;;/m1...../s1. The number of aliphatic hydroxyl groups excluding tert-OH is 2. The Bertz CT molecular complexity index is 142. The van der Waals surface area contributed by atoms with Crippen molar-refractivity contribution in [2.75, 3.05) is 0 Å². The van der Waals surface area contributed by atoms with Crippen LogP contribution in [0.4, 0.5) is 0 Å². The number of carbonyl (C=O) groups excluding carboxylic acids is 2. The van der Waals surface area contributed by atoms with Crippen molar-refractivity contribution >= 4 is 49.7 Å². The number of hydrogen-bond acceptors (Lipinski definition) is 6. The minimum absolute atomic E-state index is 0. The van der Waals surface area contributed by atoms with Crippen molar-refractivity contribution in [1.82, 2.24) is 0 Å². The number of carbonyl (C=O) groups is 2. The van der Waals surface area contributed by atoms with Crippen LogP contribution in [0.2, 0.25) is 0 Å². The summed E-state index contributed by atoms with van der Waals surface area (Å²) in [6.45, 7) is 0. The van der Waals surface area contributed by atoms with Gasteiger partial charge >= 0.3 is 37.7 Å². The second-order valence-electron chi connectivity index (χ2n) is 1.53. The average molecular weight is 260 g/mol.